The van der Waals surface area contributed by atoms with Gasteiger partial charge in [0.2, 0.25) is 5.69 Å². The summed E-state index contributed by atoms with van der Waals surface area (Å²) in [6.07, 6.45) is 12.5. The molecule has 5 nitrogen and oxygen atoms in total. The van der Waals surface area contributed by atoms with Crippen molar-refractivity contribution < 1.29 is 20.0 Å². The molecule has 0 radical (unpaired) electrons. The molecule has 0 fully saturated rings. The first-order chi connectivity index (χ1) is 17.1. The summed E-state index contributed by atoms with van der Waals surface area (Å²) in [4.78, 5) is 17.0. The number of fused-ring (bicyclic) bond motifs is 8. The van der Waals surface area contributed by atoms with E-state index in [0.29, 0.717) is 0 Å². The van der Waals surface area contributed by atoms with Gasteiger partial charge < -0.3 is 9.97 Å². The standard InChI is InChI=1S/C28H24N5.CH3.Ni/c1-17-22-8-7-20(29-22)15-21-16-27(33-13-5-4-6-14-33)28(30-21)19(3)26-12-11-25(32-26)18(2)24-10-9-23(17)31-24;;/h4-16,30-31H,1-3H3;1H3;/q+1;;. The molecule has 6 heteroatoms. The summed E-state index contributed by atoms with van der Waals surface area (Å²) < 4.78 is 2.13. The molecule has 4 aromatic rings. The van der Waals surface area contributed by atoms with E-state index in [1.807, 2.05) is 18.2 Å². The second-order valence-electron chi connectivity index (χ2n) is 8.54. The van der Waals surface area contributed by atoms with E-state index >= 15 is 0 Å². The summed E-state index contributed by atoms with van der Waals surface area (Å²) in [5.74, 6) is 1.62. The molecule has 0 aliphatic carbocycles. The van der Waals surface area contributed by atoms with Gasteiger partial charge in [0.25, 0.3) is 0 Å². The average Bonchev–Trinajstić information content (AvgIpc) is 3.70. The normalized spacial score (nSPS) is 11.9. The predicted molar refractivity (Wildman–Crippen MR) is 140 cm³/mol. The topological polar surface area (TPSA) is 61.2 Å². The van der Waals surface area contributed by atoms with Gasteiger partial charge in [-0.15, -0.1) is 0 Å². The molecule has 2 aliphatic rings. The Morgan fingerprint density at radius 3 is 1.97 bits per heavy atom. The van der Waals surface area contributed by atoms with Crippen LogP contribution in [0.15, 0.2) is 54.9 Å². The Morgan fingerprint density at radius 1 is 0.686 bits per heavy atom. The molecule has 6 rings (SSSR count). The molecular weight excluding hydrogens is 477 g/mol. The van der Waals surface area contributed by atoms with Crippen LogP contribution in [0.1, 0.15) is 39.5 Å². The van der Waals surface area contributed by atoms with E-state index in [1.54, 1.807) is 5.89 Å². The van der Waals surface area contributed by atoms with E-state index in [4.69, 9.17) is 9.97 Å². The van der Waals surface area contributed by atoms with Gasteiger partial charge >= 0.3 is 21.4 Å². The van der Waals surface area contributed by atoms with Crippen LogP contribution in [0.2, 0.25) is 5.89 Å². The Kier molecular flexibility index (Phi) is 6.23. The van der Waals surface area contributed by atoms with Crippen LogP contribution in [0.4, 0.5) is 0 Å². The fourth-order valence-corrected chi connectivity index (χ4v) is 4.43. The van der Waals surface area contributed by atoms with E-state index in [0.717, 1.165) is 67.2 Å². The van der Waals surface area contributed by atoms with Crippen molar-refractivity contribution in [2.24, 2.45) is 0 Å². The van der Waals surface area contributed by atoms with Crippen molar-refractivity contribution in [3.05, 3.63) is 94.3 Å². The second kappa shape index (κ2) is 9.48. The number of aryl methyl sites for hydroxylation is 3. The molecule has 0 amide bonds. The van der Waals surface area contributed by atoms with Crippen molar-refractivity contribution >= 4 is 46.4 Å². The Bertz CT molecular complexity index is 1640. The number of aromatic nitrogens is 5. The Morgan fingerprint density at radius 2 is 1.29 bits per heavy atom. The maximum absolute atomic E-state index is 4.98. The summed E-state index contributed by atoms with van der Waals surface area (Å²) in [7, 11) is 0. The van der Waals surface area contributed by atoms with Gasteiger partial charge in [0.15, 0.2) is 12.4 Å². The van der Waals surface area contributed by atoms with Gasteiger partial charge in [0, 0.05) is 40.3 Å². The van der Waals surface area contributed by atoms with Crippen LogP contribution in [-0.4, -0.2) is 19.9 Å². The van der Waals surface area contributed by atoms with Crippen LogP contribution in [-0.2, 0) is 15.5 Å². The third-order valence-electron chi connectivity index (χ3n) is 6.44. The summed E-state index contributed by atoms with van der Waals surface area (Å²) >= 11 is 3.88. The van der Waals surface area contributed by atoms with E-state index < -0.39 is 0 Å². The van der Waals surface area contributed by atoms with Crippen molar-refractivity contribution in [1.82, 2.24) is 19.9 Å². The third kappa shape index (κ3) is 4.26. The zero-order chi connectivity index (χ0) is 24.5. The number of aromatic amines is 2. The van der Waals surface area contributed by atoms with Gasteiger partial charge in [0.05, 0.1) is 22.8 Å². The Labute approximate surface area is 212 Å². The number of H-pyrrole nitrogens is 2. The minimum absolute atomic E-state index is 0.926. The molecule has 2 N–H and O–H groups in total. The van der Waals surface area contributed by atoms with E-state index in [2.05, 4.69) is 112 Å². The van der Waals surface area contributed by atoms with Gasteiger partial charge in [-0.3, -0.25) is 0 Å². The predicted octanol–water partition coefficient (Wildman–Crippen LogP) is 6.44. The SMILES string of the molecule is Cc1c2nc(cc3cc(-[n+]4ccccc4)c([nH]3)c(C)c3nc(c(C)c4ccc1[nH]4)C=C3)C=C2.[CH3][Ni]. The number of nitrogens with zero attached hydrogens (tertiary/aromatic N) is 3. The minimum atomic E-state index is 0.926. The van der Waals surface area contributed by atoms with Crippen molar-refractivity contribution in [1.29, 1.82) is 0 Å². The van der Waals surface area contributed by atoms with E-state index in [9.17, 15) is 0 Å². The average molecular weight is 504 g/mol. The van der Waals surface area contributed by atoms with Gasteiger partial charge in [-0.1, -0.05) is 6.07 Å². The van der Waals surface area contributed by atoms with Crippen molar-refractivity contribution in [3.63, 3.8) is 0 Å². The number of hydrogen-bond acceptors (Lipinski definition) is 2. The molecule has 0 atom stereocenters. The molecule has 6 heterocycles. The molecule has 4 aromatic heterocycles. The molecule has 0 aromatic carbocycles. The molecular formula is C29H27N5Ni+. The first-order valence-electron chi connectivity index (χ1n) is 11.4. The molecule has 177 valence electrons. The first kappa shape index (κ1) is 23.0. The zero-order valence-corrected chi connectivity index (χ0v) is 21.2. The molecule has 0 saturated carbocycles. The van der Waals surface area contributed by atoms with Gasteiger partial charge in [-0.2, -0.15) is 4.57 Å². The molecule has 0 unspecified atom stereocenters. The third-order valence-corrected chi connectivity index (χ3v) is 6.44. The summed E-state index contributed by atoms with van der Waals surface area (Å²) in [6.45, 7) is 6.34. The van der Waals surface area contributed by atoms with Crippen molar-refractivity contribution in [2.45, 2.75) is 26.7 Å². The molecule has 0 saturated heterocycles. The van der Waals surface area contributed by atoms with Crippen LogP contribution < -0.4 is 4.57 Å². The van der Waals surface area contributed by atoms with Crippen molar-refractivity contribution in [3.8, 4) is 5.69 Å². The van der Waals surface area contributed by atoms with Crippen LogP contribution in [0, 0.1) is 20.8 Å². The van der Waals surface area contributed by atoms with Gasteiger partial charge in [0.1, 0.15) is 5.52 Å². The quantitative estimate of drug-likeness (QED) is 0.200. The molecule has 35 heavy (non-hydrogen) atoms. The summed E-state index contributed by atoms with van der Waals surface area (Å²) in [5.41, 5.74) is 12.4. The Hall–Kier alpha value is -3.76. The van der Waals surface area contributed by atoms with Crippen molar-refractivity contribution in [2.75, 3.05) is 0 Å². The fourth-order valence-electron chi connectivity index (χ4n) is 4.43. The van der Waals surface area contributed by atoms with Crippen LogP contribution in [0.25, 0.3) is 52.1 Å². The Balaban J connectivity index is 0.00000124. The van der Waals surface area contributed by atoms with E-state index in [1.165, 1.54) is 0 Å². The number of rotatable bonds is 1. The molecule has 8 bridgehead atoms. The first-order valence-corrected chi connectivity index (χ1v) is 12.4. The van der Waals surface area contributed by atoms with Crippen LogP contribution >= 0.6 is 0 Å². The molecule has 0 spiro atoms. The second-order valence-corrected chi connectivity index (χ2v) is 8.54. The molecule has 2 aliphatic heterocycles. The van der Waals surface area contributed by atoms with Crippen LogP contribution in [0.5, 0.6) is 0 Å². The summed E-state index contributed by atoms with van der Waals surface area (Å²) in [6, 6.07) is 14.6. The maximum atomic E-state index is 4.98. The van der Waals surface area contributed by atoms with Crippen LogP contribution in [0.3, 0.4) is 0 Å². The fraction of sp³-hybridized carbons (Fsp3) is 0.138. The number of hydrogen-bond donors (Lipinski definition) is 2. The number of pyridine rings is 1. The number of nitrogens with one attached hydrogen (secondary N) is 2. The zero-order valence-electron chi connectivity index (χ0n) is 20.2. The van der Waals surface area contributed by atoms with E-state index in [-0.39, 0.29) is 0 Å². The van der Waals surface area contributed by atoms with Gasteiger partial charge in [-0.05, 0) is 74.4 Å². The van der Waals surface area contributed by atoms with Gasteiger partial charge in [-0.25, -0.2) is 9.97 Å². The summed E-state index contributed by atoms with van der Waals surface area (Å²) in [5, 5.41) is 0. The monoisotopic (exact) mass is 503 g/mol.